The Hall–Kier alpha value is -2.96. The summed E-state index contributed by atoms with van der Waals surface area (Å²) in [6.45, 7) is 4.49. The maximum Gasteiger partial charge on any atom is 0.272 e. The number of rotatable bonds is 6. The van der Waals surface area contributed by atoms with Gasteiger partial charge in [0.1, 0.15) is 5.69 Å². The molecule has 1 aromatic carbocycles. The molecule has 0 radical (unpaired) electrons. The van der Waals surface area contributed by atoms with E-state index < -0.39 is 0 Å². The molecule has 2 heterocycles. The van der Waals surface area contributed by atoms with E-state index in [9.17, 15) is 9.59 Å². The number of nitrogens with one attached hydrogen (secondary N) is 1. The molecule has 7 heteroatoms. The van der Waals surface area contributed by atoms with Gasteiger partial charge in [0.2, 0.25) is 11.9 Å². The summed E-state index contributed by atoms with van der Waals surface area (Å²) in [6.07, 6.45) is 3.54. The summed E-state index contributed by atoms with van der Waals surface area (Å²) in [5.74, 6) is 0.398. The molecule has 0 spiro atoms. The van der Waals surface area contributed by atoms with E-state index in [4.69, 9.17) is 0 Å². The first-order chi connectivity index (χ1) is 13.1. The Balaban J connectivity index is 1.49. The third kappa shape index (κ3) is 5.26. The zero-order chi connectivity index (χ0) is 19.1. The van der Waals surface area contributed by atoms with Gasteiger partial charge in [-0.3, -0.25) is 9.59 Å². The van der Waals surface area contributed by atoms with Crippen molar-refractivity contribution in [3.63, 3.8) is 0 Å². The Morgan fingerprint density at radius 1 is 1.04 bits per heavy atom. The van der Waals surface area contributed by atoms with Gasteiger partial charge >= 0.3 is 0 Å². The molecule has 3 rings (SSSR count). The summed E-state index contributed by atoms with van der Waals surface area (Å²) in [4.78, 5) is 36.1. The molecule has 1 fully saturated rings. The van der Waals surface area contributed by atoms with Crippen LogP contribution >= 0.6 is 0 Å². The van der Waals surface area contributed by atoms with Gasteiger partial charge in [-0.25, -0.2) is 9.97 Å². The minimum Gasteiger partial charge on any atom is -0.354 e. The highest BCUT2D eigenvalue weighted by atomic mass is 16.2. The molecule has 1 aromatic heterocycles. The van der Waals surface area contributed by atoms with Crippen LogP contribution in [0.4, 0.5) is 5.95 Å². The van der Waals surface area contributed by atoms with Crippen LogP contribution in [0.25, 0.3) is 0 Å². The standard InChI is InChI=1S/C20H25N5O2/c1-16(26)24-12-14-25(15-13-24)19(27)18-9-11-22-20(23-18)21-10-5-8-17-6-3-2-4-7-17/h2-4,6-7,9,11H,5,8,10,12-15H2,1H3,(H,21,22,23). The van der Waals surface area contributed by atoms with Crippen LogP contribution in [-0.4, -0.2) is 64.3 Å². The topological polar surface area (TPSA) is 78.4 Å². The third-order valence-corrected chi connectivity index (χ3v) is 4.66. The van der Waals surface area contributed by atoms with Crippen LogP contribution < -0.4 is 5.32 Å². The molecule has 0 unspecified atom stereocenters. The molecule has 1 aliphatic rings. The van der Waals surface area contributed by atoms with E-state index in [1.165, 1.54) is 5.56 Å². The van der Waals surface area contributed by atoms with Crippen molar-refractivity contribution in [2.24, 2.45) is 0 Å². The lowest BCUT2D eigenvalue weighted by molar-refractivity contribution is -0.130. The second-order valence-corrected chi connectivity index (χ2v) is 6.58. The molecule has 1 N–H and O–H groups in total. The minimum atomic E-state index is -0.118. The van der Waals surface area contributed by atoms with Gasteiger partial charge < -0.3 is 15.1 Å². The van der Waals surface area contributed by atoms with E-state index in [1.54, 1.807) is 29.0 Å². The van der Waals surface area contributed by atoms with Crippen LogP contribution in [0.2, 0.25) is 0 Å². The lowest BCUT2D eigenvalue weighted by Gasteiger charge is -2.34. The lowest BCUT2D eigenvalue weighted by atomic mass is 10.1. The molecule has 0 saturated carbocycles. The van der Waals surface area contributed by atoms with E-state index in [0.29, 0.717) is 37.8 Å². The Kier molecular flexibility index (Phi) is 6.35. The predicted molar refractivity (Wildman–Crippen MR) is 103 cm³/mol. The Labute approximate surface area is 159 Å². The SMILES string of the molecule is CC(=O)N1CCN(C(=O)c2ccnc(NCCCc3ccccc3)n2)CC1. The van der Waals surface area contributed by atoms with Crippen molar-refractivity contribution in [3.05, 3.63) is 53.9 Å². The van der Waals surface area contributed by atoms with Gasteiger partial charge in [-0.05, 0) is 24.5 Å². The number of carbonyl (C=O) groups excluding carboxylic acids is 2. The van der Waals surface area contributed by atoms with E-state index in [1.807, 2.05) is 18.2 Å². The van der Waals surface area contributed by atoms with Crippen LogP contribution in [0.1, 0.15) is 29.4 Å². The number of hydrogen-bond acceptors (Lipinski definition) is 5. The summed E-state index contributed by atoms with van der Waals surface area (Å²) in [6, 6.07) is 11.9. The van der Waals surface area contributed by atoms with Crippen molar-refractivity contribution in [1.82, 2.24) is 19.8 Å². The van der Waals surface area contributed by atoms with Gasteiger partial charge in [0, 0.05) is 45.8 Å². The summed E-state index contributed by atoms with van der Waals surface area (Å²) in [5.41, 5.74) is 1.68. The van der Waals surface area contributed by atoms with Crippen molar-refractivity contribution in [1.29, 1.82) is 0 Å². The normalized spacial score (nSPS) is 14.1. The number of hydrogen-bond donors (Lipinski definition) is 1. The molecule has 0 bridgehead atoms. The second kappa shape index (κ2) is 9.12. The molecule has 7 nitrogen and oxygen atoms in total. The van der Waals surface area contributed by atoms with Crippen LogP contribution in [-0.2, 0) is 11.2 Å². The van der Waals surface area contributed by atoms with Crippen molar-refractivity contribution in [2.75, 3.05) is 38.0 Å². The molecular weight excluding hydrogens is 342 g/mol. The van der Waals surface area contributed by atoms with Crippen molar-refractivity contribution in [2.45, 2.75) is 19.8 Å². The zero-order valence-corrected chi connectivity index (χ0v) is 15.6. The highest BCUT2D eigenvalue weighted by molar-refractivity contribution is 5.92. The summed E-state index contributed by atoms with van der Waals surface area (Å²) >= 11 is 0. The highest BCUT2D eigenvalue weighted by Crippen LogP contribution is 2.09. The first-order valence-corrected chi connectivity index (χ1v) is 9.29. The fourth-order valence-corrected chi connectivity index (χ4v) is 3.09. The zero-order valence-electron chi connectivity index (χ0n) is 15.6. The summed E-state index contributed by atoms with van der Waals surface area (Å²) in [5, 5.41) is 3.19. The molecule has 142 valence electrons. The number of anilines is 1. The molecule has 1 saturated heterocycles. The maximum atomic E-state index is 12.6. The van der Waals surface area contributed by atoms with Crippen LogP contribution in [0.3, 0.4) is 0 Å². The maximum absolute atomic E-state index is 12.6. The fraction of sp³-hybridized carbons (Fsp3) is 0.400. The molecule has 0 atom stereocenters. The van der Waals surface area contributed by atoms with Gasteiger partial charge in [-0.1, -0.05) is 30.3 Å². The summed E-state index contributed by atoms with van der Waals surface area (Å²) < 4.78 is 0. The fourth-order valence-electron chi connectivity index (χ4n) is 3.09. The summed E-state index contributed by atoms with van der Waals surface area (Å²) in [7, 11) is 0. The predicted octanol–water partition coefficient (Wildman–Crippen LogP) is 1.83. The van der Waals surface area contributed by atoms with E-state index in [-0.39, 0.29) is 11.8 Å². The van der Waals surface area contributed by atoms with Crippen molar-refractivity contribution < 1.29 is 9.59 Å². The Morgan fingerprint density at radius 2 is 1.74 bits per heavy atom. The number of carbonyl (C=O) groups is 2. The molecule has 27 heavy (non-hydrogen) atoms. The Bertz CT molecular complexity index is 773. The van der Waals surface area contributed by atoms with E-state index in [0.717, 1.165) is 19.4 Å². The quantitative estimate of drug-likeness (QED) is 0.788. The lowest BCUT2D eigenvalue weighted by Crippen LogP contribution is -2.50. The van der Waals surface area contributed by atoms with Gasteiger partial charge in [-0.15, -0.1) is 0 Å². The van der Waals surface area contributed by atoms with E-state index >= 15 is 0 Å². The second-order valence-electron chi connectivity index (χ2n) is 6.58. The van der Waals surface area contributed by atoms with Gasteiger partial charge in [-0.2, -0.15) is 0 Å². The van der Waals surface area contributed by atoms with Gasteiger partial charge in [0.15, 0.2) is 0 Å². The molecule has 0 aliphatic carbocycles. The van der Waals surface area contributed by atoms with Crippen LogP contribution in [0.5, 0.6) is 0 Å². The number of amides is 2. The van der Waals surface area contributed by atoms with E-state index in [2.05, 4.69) is 27.4 Å². The average molecular weight is 367 g/mol. The first kappa shape index (κ1) is 18.8. The molecule has 2 aromatic rings. The number of nitrogens with zero attached hydrogens (tertiary/aromatic N) is 4. The number of aromatic nitrogens is 2. The molecule has 1 aliphatic heterocycles. The van der Waals surface area contributed by atoms with Crippen molar-refractivity contribution in [3.8, 4) is 0 Å². The monoisotopic (exact) mass is 367 g/mol. The first-order valence-electron chi connectivity index (χ1n) is 9.29. The third-order valence-electron chi connectivity index (χ3n) is 4.66. The Morgan fingerprint density at radius 3 is 2.44 bits per heavy atom. The number of aryl methyl sites for hydroxylation is 1. The smallest absolute Gasteiger partial charge is 0.272 e. The largest absolute Gasteiger partial charge is 0.354 e. The number of piperazine rings is 1. The number of benzene rings is 1. The van der Waals surface area contributed by atoms with Crippen LogP contribution in [0.15, 0.2) is 42.6 Å². The molecular formula is C20H25N5O2. The highest BCUT2D eigenvalue weighted by Gasteiger charge is 2.24. The van der Waals surface area contributed by atoms with Gasteiger partial charge in [0.05, 0.1) is 0 Å². The minimum absolute atomic E-state index is 0.0473. The van der Waals surface area contributed by atoms with Crippen LogP contribution in [0, 0.1) is 0 Å². The van der Waals surface area contributed by atoms with Crippen molar-refractivity contribution >= 4 is 17.8 Å². The molecule has 2 amide bonds. The average Bonchev–Trinajstić information content (AvgIpc) is 2.72. The van der Waals surface area contributed by atoms with Gasteiger partial charge in [0.25, 0.3) is 5.91 Å².